The molecule has 0 aromatic carbocycles. The third-order valence-corrected chi connectivity index (χ3v) is 1.82. The number of rotatable bonds is 1. The van der Waals surface area contributed by atoms with Crippen molar-refractivity contribution in [3.05, 3.63) is 16.4 Å². The van der Waals surface area contributed by atoms with E-state index in [0.29, 0.717) is 6.07 Å². The van der Waals surface area contributed by atoms with Crippen molar-refractivity contribution in [1.82, 2.24) is 4.98 Å². The molecule has 0 saturated carbocycles. The fraction of sp³-hybridized carbons (Fsp3) is 0.143. The average molecular weight is 283 g/mol. The molecule has 0 fully saturated rings. The maximum atomic E-state index is 11.8. The van der Waals surface area contributed by atoms with Crippen LogP contribution in [0, 0.1) is 11.3 Å². The van der Waals surface area contributed by atoms with Gasteiger partial charge in [-0.15, -0.1) is 13.2 Å². The Kier molecular flexibility index (Phi) is 3.04. The molecule has 80 valence electrons. The molecule has 0 bridgehead atoms. The molecular formula is C7H2BrF3N2O2. The molecule has 0 aliphatic carbocycles. The van der Waals surface area contributed by atoms with Crippen molar-refractivity contribution in [2.75, 3.05) is 0 Å². The second-order valence-electron chi connectivity index (χ2n) is 2.30. The van der Waals surface area contributed by atoms with Gasteiger partial charge in [0.2, 0.25) is 0 Å². The molecule has 0 radical (unpaired) electrons. The normalized spacial score (nSPS) is 10.9. The first-order valence-electron chi connectivity index (χ1n) is 3.39. The van der Waals surface area contributed by atoms with Gasteiger partial charge in [-0.3, -0.25) is 0 Å². The first kappa shape index (κ1) is 11.6. The van der Waals surface area contributed by atoms with Crippen molar-refractivity contribution in [1.29, 1.82) is 5.26 Å². The molecule has 0 aliphatic rings. The van der Waals surface area contributed by atoms with E-state index < -0.39 is 23.6 Å². The summed E-state index contributed by atoms with van der Waals surface area (Å²) in [6, 6.07) is 2.15. The predicted molar refractivity (Wildman–Crippen MR) is 45.0 cm³/mol. The molecule has 1 heterocycles. The molecule has 0 amide bonds. The lowest BCUT2D eigenvalue weighted by molar-refractivity contribution is -0.275. The van der Waals surface area contributed by atoms with Crippen molar-refractivity contribution in [2.45, 2.75) is 6.36 Å². The average Bonchev–Trinajstić information content (AvgIpc) is 2.08. The Balaban J connectivity index is 3.13. The smallest absolute Gasteiger partial charge is 0.505 e. The number of aromatic nitrogens is 1. The number of pyridine rings is 1. The number of nitriles is 1. The van der Waals surface area contributed by atoms with Crippen molar-refractivity contribution in [3.8, 4) is 17.6 Å². The molecule has 8 heteroatoms. The molecule has 0 atom stereocenters. The standard InChI is InChI=1S/C7H2BrF3N2O2/c8-6-5(15-7(9,10)11)1-4(14)3(2-12)13-6/h1,14H. The lowest BCUT2D eigenvalue weighted by atomic mass is 10.3. The summed E-state index contributed by atoms with van der Waals surface area (Å²) in [5.74, 6) is -1.39. The molecule has 4 nitrogen and oxygen atoms in total. The molecule has 1 rings (SSSR count). The van der Waals surface area contributed by atoms with Crippen LogP contribution in [0.4, 0.5) is 13.2 Å². The first-order valence-corrected chi connectivity index (χ1v) is 4.18. The molecular weight excluding hydrogens is 281 g/mol. The Morgan fingerprint density at radius 1 is 1.53 bits per heavy atom. The van der Waals surface area contributed by atoms with Gasteiger partial charge in [-0.2, -0.15) is 5.26 Å². The van der Waals surface area contributed by atoms with Crippen molar-refractivity contribution >= 4 is 15.9 Å². The SMILES string of the molecule is N#Cc1nc(Br)c(OC(F)(F)F)cc1O. The fourth-order valence-electron chi connectivity index (χ4n) is 0.741. The van der Waals surface area contributed by atoms with E-state index in [-0.39, 0.29) is 4.60 Å². The molecule has 0 spiro atoms. The number of hydrogen-bond acceptors (Lipinski definition) is 4. The summed E-state index contributed by atoms with van der Waals surface area (Å²) in [5.41, 5.74) is -0.392. The van der Waals surface area contributed by atoms with Crippen molar-refractivity contribution in [2.24, 2.45) is 0 Å². The van der Waals surface area contributed by atoms with Crippen LogP contribution in [-0.4, -0.2) is 16.5 Å². The van der Waals surface area contributed by atoms with Gasteiger partial charge in [0.25, 0.3) is 0 Å². The van der Waals surface area contributed by atoms with Crippen molar-refractivity contribution < 1.29 is 23.0 Å². The van der Waals surface area contributed by atoms with Crippen LogP contribution in [0.25, 0.3) is 0 Å². The molecule has 1 aromatic heterocycles. The summed E-state index contributed by atoms with van der Waals surface area (Å²) < 4.78 is 38.7. The largest absolute Gasteiger partial charge is 0.573 e. The van der Waals surface area contributed by atoms with Crippen LogP contribution in [0.3, 0.4) is 0 Å². The quantitative estimate of drug-likeness (QED) is 0.803. The summed E-state index contributed by atoms with van der Waals surface area (Å²) in [6.45, 7) is 0. The summed E-state index contributed by atoms with van der Waals surface area (Å²) >= 11 is 2.68. The Morgan fingerprint density at radius 2 is 2.13 bits per heavy atom. The Bertz CT molecular complexity index is 427. The van der Waals surface area contributed by atoms with Gasteiger partial charge >= 0.3 is 6.36 Å². The van der Waals surface area contributed by atoms with Crippen LogP contribution in [0.15, 0.2) is 10.7 Å². The van der Waals surface area contributed by atoms with E-state index in [1.54, 1.807) is 0 Å². The number of ether oxygens (including phenoxy) is 1. The summed E-state index contributed by atoms with van der Waals surface area (Å²) in [7, 11) is 0. The summed E-state index contributed by atoms with van der Waals surface area (Å²) in [4.78, 5) is 3.36. The lowest BCUT2D eigenvalue weighted by Crippen LogP contribution is -2.17. The highest BCUT2D eigenvalue weighted by Gasteiger charge is 2.32. The van der Waals surface area contributed by atoms with E-state index in [1.807, 2.05) is 0 Å². The monoisotopic (exact) mass is 282 g/mol. The highest BCUT2D eigenvalue weighted by molar-refractivity contribution is 9.10. The third-order valence-electron chi connectivity index (χ3n) is 1.26. The number of nitrogens with zero attached hydrogens (tertiary/aromatic N) is 2. The summed E-state index contributed by atoms with van der Waals surface area (Å²) in [5, 5.41) is 17.5. The molecule has 15 heavy (non-hydrogen) atoms. The van der Waals surface area contributed by atoms with E-state index in [2.05, 4.69) is 25.7 Å². The van der Waals surface area contributed by atoms with Crippen LogP contribution in [0.5, 0.6) is 11.5 Å². The first-order chi connectivity index (χ1) is 6.83. The van der Waals surface area contributed by atoms with E-state index in [0.717, 1.165) is 0 Å². The molecule has 1 aromatic rings. The van der Waals surface area contributed by atoms with Gasteiger partial charge < -0.3 is 9.84 Å². The number of hydrogen-bond donors (Lipinski definition) is 1. The molecule has 0 aliphatic heterocycles. The fourth-order valence-corrected chi connectivity index (χ4v) is 1.11. The van der Waals surface area contributed by atoms with Crippen LogP contribution in [0.1, 0.15) is 5.69 Å². The Labute approximate surface area is 90.0 Å². The van der Waals surface area contributed by atoms with Gasteiger partial charge in [0.1, 0.15) is 10.7 Å². The van der Waals surface area contributed by atoms with Crippen LogP contribution in [0.2, 0.25) is 0 Å². The van der Waals surface area contributed by atoms with E-state index in [9.17, 15) is 13.2 Å². The highest BCUT2D eigenvalue weighted by Crippen LogP contribution is 2.32. The van der Waals surface area contributed by atoms with Crippen LogP contribution in [-0.2, 0) is 0 Å². The van der Waals surface area contributed by atoms with Gasteiger partial charge in [-0.1, -0.05) is 0 Å². The maximum absolute atomic E-state index is 11.8. The summed E-state index contributed by atoms with van der Waals surface area (Å²) in [6.07, 6.45) is -4.88. The third kappa shape index (κ3) is 2.99. The number of alkyl halides is 3. The second kappa shape index (κ2) is 3.94. The predicted octanol–water partition coefficient (Wildman–Crippen LogP) is 2.32. The number of halogens is 4. The van der Waals surface area contributed by atoms with Gasteiger partial charge in [0.05, 0.1) is 0 Å². The lowest BCUT2D eigenvalue weighted by Gasteiger charge is -2.10. The molecule has 0 saturated heterocycles. The Morgan fingerprint density at radius 3 is 2.60 bits per heavy atom. The van der Waals surface area contributed by atoms with E-state index in [4.69, 9.17) is 10.4 Å². The van der Waals surface area contributed by atoms with Crippen LogP contribution >= 0.6 is 15.9 Å². The van der Waals surface area contributed by atoms with Gasteiger partial charge in [0.15, 0.2) is 17.2 Å². The second-order valence-corrected chi connectivity index (χ2v) is 3.06. The van der Waals surface area contributed by atoms with Gasteiger partial charge in [0, 0.05) is 6.07 Å². The minimum absolute atomic E-state index is 0.311. The molecule has 1 N–H and O–H groups in total. The Hall–Kier alpha value is -1.49. The minimum atomic E-state index is -4.88. The van der Waals surface area contributed by atoms with Gasteiger partial charge in [-0.25, -0.2) is 4.98 Å². The highest BCUT2D eigenvalue weighted by atomic mass is 79.9. The van der Waals surface area contributed by atoms with Crippen molar-refractivity contribution in [3.63, 3.8) is 0 Å². The number of aromatic hydroxyl groups is 1. The zero-order chi connectivity index (χ0) is 11.6. The topological polar surface area (TPSA) is 66.1 Å². The van der Waals surface area contributed by atoms with Gasteiger partial charge in [-0.05, 0) is 15.9 Å². The van der Waals surface area contributed by atoms with E-state index >= 15 is 0 Å². The van der Waals surface area contributed by atoms with Crippen LogP contribution < -0.4 is 4.74 Å². The zero-order valence-corrected chi connectivity index (χ0v) is 8.43. The molecule has 0 unspecified atom stereocenters. The zero-order valence-electron chi connectivity index (χ0n) is 6.84. The van der Waals surface area contributed by atoms with E-state index in [1.165, 1.54) is 6.07 Å². The minimum Gasteiger partial charge on any atom is -0.505 e. The maximum Gasteiger partial charge on any atom is 0.573 e.